The van der Waals surface area contributed by atoms with Crippen LogP contribution in [0.3, 0.4) is 0 Å². The first kappa shape index (κ1) is 16.6. The molecule has 1 saturated heterocycles. The van der Waals surface area contributed by atoms with E-state index in [1.807, 2.05) is 45.0 Å². The minimum Gasteiger partial charge on any atom is -0.444 e. The average Bonchev–Trinajstić information content (AvgIpc) is 2.81. The molecule has 0 radical (unpaired) electrons. The lowest BCUT2D eigenvalue weighted by Crippen LogP contribution is -2.27. The van der Waals surface area contributed by atoms with Crippen molar-refractivity contribution in [3.8, 4) is 0 Å². The Morgan fingerprint density at radius 1 is 1.23 bits per heavy atom. The molecule has 1 aromatic carbocycles. The van der Waals surface area contributed by atoms with E-state index in [-0.39, 0.29) is 6.10 Å². The van der Waals surface area contributed by atoms with Crippen LogP contribution in [0.2, 0.25) is 0 Å². The predicted molar refractivity (Wildman–Crippen MR) is 88.4 cm³/mol. The second-order valence-corrected chi connectivity index (χ2v) is 6.73. The normalized spacial score (nSPS) is 21.5. The molecule has 0 aromatic heterocycles. The van der Waals surface area contributed by atoms with Gasteiger partial charge in [-0.2, -0.15) is 0 Å². The summed E-state index contributed by atoms with van der Waals surface area (Å²) in [4.78, 5) is 11.7. The highest BCUT2D eigenvalue weighted by Gasteiger charge is 2.21. The maximum atomic E-state index is 11.7. The molecule has 2 atom stereocenters. The zero-order valence-electron chi connectivity index (χ0n) is 13.8. The lowest BCUT2D eigenvalue weighted by Gasteiger charge is -2.19. The molecule has 0 spiro atoms. The molecule has 122 valence electrons. The quantitative estimate of drug-likeness (QED) is 0.882. The molecule has 1 aliphatic rings. The summed E-state index contributed by atoms with van der Waals surface area (Å²) in [5.74, 6) is 0. The van der Waals surface area contributed by atoms with Gasteiger partial charge in [-0.3, -0.25) is 5.32 Å². The van der Waals surface area contributed by atoms with E-state index in [9.17, 15) is 4.79 Å². The molecular formula is C17H26N2O3. The maximum absolute atomic E-state index is 11.7. The number of ether oxygens (including phenoxy) is 2. The summed E-state index contributed by atoms with van der Waals surface area (Å²) < 4.78 is 11.0. The maximum Gasteiger partial charge on any atom is 0.412 e. The molecule has 1 aromatic rings. The molecule has 1 fully saturated rings. The number of hydrogen-bond acceptors (Lipinski definition) is 4. The fourth-order valence-corrected chi connectivity index (χ4v) is 2.36. The summed E-state index contributed by atoms with van der Waals surface area (Å²) in [6, 6.07) is 7.57. The van der Waals surface area contributed by atoms with Crippen molar-refractivity contribution in [2.24, 2.45) is 0 Å². The van der Waals surface area contributed by atoms with Gasteiger partial charge in [0.05, 0.1) is 12.2 Å². The summed E-state index contributed by atoms with van der Waals surface area (Å²) in [6.07, 6.45) is 2.45. The van der Waals surface area contributed by atoms with Crippen LogP contribution in [0.5, 0.6) is 0 Å². The Morgan fingerprint density at radius 3 is 2.41 bits per heavy atom. The van der Waals surface area contributed by atoms with E-state index < -0.39 is 11.7 Å². The van der Waals surface area contributed by atoms with Gasteiger partial charge in [0.25, 0.3) is 0 Å². The minimum atomic E-state index is -0.496. The fourth-order valence-electron chi connectivity index (χ4n) is 2.36. The first-order chi connectivity index (χ1) is 10.3. The Bertz CT molecular complexity index is 494. The number of amides is 1. The van der Waals surface area contributed by atoms with E-state index in [0.717, 1.165) is 25.1 Å². The molecule has 2 unspecified atom stereocenters. The second kappa shape index (κ2) is 7.01. The van der Waals surface area contributed by atoms with Crippen LogP contribution in [-0.4, -0.2) is 30.4 Å². The third-order valence-electron chi connectivity index (χ3n) is 3.38. The topological polar surface area (TPSA) is 59.6 Å². The van der Waals surface area contributed by atoms with Gasteiger partial charge in [-0.15, -0.1) is 0 Å². The number of carbonyl (C=O) groups excluding carboxylic acids is 1. The minimum absolute atomic E-state index is 0.287. The van der Waals surface area contributed by atoms with Gasteiger partial charge in [0.1, 0.15) is 5.60 Å². The molecule has 22 heavy (non-hydrogen) atoms. The molecule has 1 amide bonds. The van der Waals surface area contributed by atoms with Crippen LogP contribution < -0.4 is 10.6 Å². The Kier molecular flexibility index (Phi) is 5.29. The largest absolute Gasteiger partial charge is 0.444 e. The summed E-state index contributed by atoms with van der Waals surface area (Å²) in [7, 11) is 0. The van der Waals surface area contributed by atoms with Crippen LogP contribution in [0, 0.1) is 0 Å². The third-order valence-corrected chi connectivity index (χ3v) is 3.38. The van der Waals surface area contributed by atoms with Crippen LogP contribution in [0.25, 0.3) is 0 Å². The third kappa shape index (κ3) is 5.56. The van der Waals surface area contributed by atoms with Crippen LogP contribution in [0.4, 0.5) is 16.2 Å². The summed E-state index contributed by atoms with van der Waals surface area (Å²) >= 11 is 0. The number of benzene rings is 1. The van der Waals surface area contributed by atoms with E-state index in [4.69, 9.17) is 9.47 Å². The lowest BCUT2D eigenvalue weighted by molar-refractivity contribution is 0.0631. The van der Waals surface area contributed by atoms with E-state index in [0.29, 0.717) is 11.8 Å². The molecule has 2 rings (SSSR count). The second-order valence-electron chi connectivity index (χ2n) is 6.73. The van der Waals surface area contributed by atoms with Gasteiger partial charge in [-0.1, -0.05) is 0 Å². The molecule has 0 aliphatic carbocycles. The lowest BCUT2D eigenvalue weighted by atomic mass is 10.2. The number of rotatable bonds is 4. The van der Waals surface area contributed by atoms with Crippen LogP contribution >= 0.6 is 0 Å². The van der Waals surface area contributed by atoms with Crippen LogP contribution in [-0.2, 0) is 9.47 Å². The van der Waals surface area contributed by atoms with Crippen molar-refractivity contribution in [2.45, 2.75) is 58.3 Å². The van der Waals surface area contributed by atoms with Crippen molar-refractivity contribution in [3.05, 3.63) is 24.3 Å². The molecule has 1 heterocycles. The molecule has 0 saturated carbocycles. The van der Waals surface area contributed by atoms with E-state index in [1.165, 1.54) is 0 Å². The van der Waals surface area contributed by atoms with E-state index in [1.54, 1.807) is 0 Å². The highest BCUT2D eigenvalue weighted by molar-refractivity contribution is 5.85. The summed E-state index contributed by atoms with van der Waals surface area (Å²) in [5.41, 5.74) is 1.23. The van der Waals surface area contributed by atoms with Gasteiger partial charge in [0, 0.05) is 17.9 Å². The standard InChI is InChI=1S/C17H26N2O3/c1-12-5-10-15(21-12)11-18-13-6-8-14(9-7-13)19-16(20)22-17(2,3)4/h6-9,12,15,18H,5,10-11H2,1-4H3,(H,19,20). The van der Waals surface area contributed by atoms with Gasteiger partial charge in [-0.25, -0.2) is 4.79 Å². The first-order valence-corrected chi connectivity index (χ1v) is 7.81. The number of carbonyl (C=O) groups is 1. The van der Waals surface area contributed by atoms with Gasteiger partial charge in [0.15, 0.2) is 0 Å². The summed E-state index contributed by atoms with van der Waals surface area (Å²) in [6.45, 7) is 8.43. The molecule has 5 nitrogen and oxygen atoms in total. The first-order valence-electron chi connectivity index (χ1n) is 7.81. The monoisotopic (exact) mass is 306 g/mol. The van der Waals surface area contributed by atoms with Crippen LogP contribution in [0.1, 0.15) is 40.5 Å². The van der Waals surface area contributed by atoms with Gasteiger partial charge in [0.2, 0.25) is 0 Å². The van der Waals surface area contributed by atoms with E-state index >= 15 is 0 Å². The van der Waals surface area contributed by atoms with Crippen molar-refractivity contribution in [1.82, 2.24) is 0 Å². The van der Waals surface area contributed by atoms with Gasteiger partial charge < -0.3 is 14.8 Å². The van der Waals surface area contributed by atoms with Gasteiger partial charge in [-0.05, 0) is 64.8 Å². The fraction of sp³-hybridized carbons (Fsp3) is 0.588. The number of nitrogens with one attached hydrogen (secondary N) is 2. The zero-order chi connectivity index (χ0) is 16.2. The van der Waals surface area contributed by atoms with Crippen molar-refractivity contribution >= 4 is 17.5 Å². The highest BCUT2D eigenvalue weighted by Crippen LogP contribution is 2.20. The highest BCUT2D eigenvalue weighted by atomic mass is 16.6. The Balaban J connectivity index is 1.79. The number of hydrogen-bond donors (Lipinski definition) is 2. The molecule has 5 heteroatoms. The molecule has 2 N–H and O–H groups in total. The predicted octanol–water partition coefficient (Wildman–Crippen LogP) is 4.01. The summed E-state index contributed by atoms with van der Waals surface area (Å²) in [5, 5.41) is 6.07. The Labute approximate surface area is 132 Å². The van der Waals surface area contributed by atoms with Crippen molar-refractivity contribution in [1.29, 1.82) is 0 Å². The number of anilines is 2. The molecular weight excluding hydrogens is 280 g/mol. The van der Waals surface area contributed by atoms with Crippen molar-refractivity contribution in [3.63, 3.8) is 0 Å². The molecule has 1 aliphatic heterocycles. The molecule has 0 bridgehead atoms. The zero-order valence-corrected chi connectivity index (χ0v) is 13.8. The van der Waals surface area contributed by atoms with Gasteiger partial charge >= 0.3 is 6.09 Å². The SMILES string of the molecule is CC1CCC(CNc2ccc(NC(=O)OC(C)(C)C)cc2)O1. The van der Waals surface area contributed by atoms with E-state index in [2.05, 4.69) is 17.6 Å². The van der Waals surface area contributed by atoms with Crippen LogP contribution in [0.15, 0.2) is 24.3 Å². The Morgan fingerprint density at radius 2 is 1.86 bits per heavy atom. The van der Waals surface area contributed by atoms with Crippen molar-refractivity contribution < 1.29 is 14.3 Å². The average molecular weight is 306 g/mol. The van der Waals surface area contributed by atoms with Crippen molar-refractivity contribution in [2.75, 3.05) is 17.2 Å². The Hall–Kier alpha value is -1.75. The smallest absolute Gasteiger partial charge is 0.412 e.